The molecule has 2 aliphatic carbocycles. The molecule has 0 amide bonds. The molecule has 5 heteroatoms. The van der Waals surface area contributed by atoms with E-state index < -0.39 is 0 Å². The van der Waals surface area contributed by atoms with Crippen molar-refractivity contribution >= 4 is 0 Å². The maximum Gasteiger partial charge on any atom is 0.147 e. The highest BCUT2D eigenvalue weighted by atomic mass is 15.3. The van der Waals surface area contributed by atoms with Crippen molar-refractivity contribution in [3.63, 3.8) is 0 Å². The van der Waals surface area contributed by atoms with Crippen molar-refractivity contribution in [1.29, 1.82) is 0 Å². The molecular weight excluding hydrogens is 286 g/mol. The lowest BCUT2D eigenvalue weighted by molar-refractivity contribution is 0.238. The van der Waals surface area contributed by atoms with E-state index >= 15 is 0 Å². The second kappa shape index (κ2) is 5.41. The SMILES string of the molecule is c1cc([C@H]2CCCN2Cc2nnc(C3CC3)n2C2CC2)ccn1. The van der Waals surface area contributed by atoms with Gasteiger partial charge in [-0.25, -0.2) is 0 Å². The molecule has 23 heavy (non-hydrogen) atoms. The van der Waals surface area contributed by atoms with Gasteiger partial charge >= 0.3 is 0 Å². The molecule has 0 spiro atoms. The molecular formula is C18H23N5. The lowest BCUT2D eigenvalue weighted by atomic mass is 10.1. The van der Waals surface area contributed by atoms with E-state index in [0.29, 0.717) is 18.0 Å². The molecule has 120 valence electrons. The maximum atomic E-state index is 4.59. The maximum absolute atomic E-state index is 4.59. The first kappa shape index (κ1) is 13.7. The largest absolute Gasteiger partial charge is 0.311 e. The molecule has 0 radical (unpaired) electrons. The highest BCUT2D eigenvalue weighted by molar-refractivity contribution is 5.17. The van der Waals surface area contributed by atoms with E-state index in [-0.39, 0.29) is 0 Å². The Morgan fingerprint density at radius 1 is 1.00 bits per heavy atom. The van der Waals surface area contributed by atoms with Crippen LogP contribution in [0.1, 0.15) is 73.7 Å². The summed E-state index contributed by atoms with van der Waals surface area (Å²) in [5, 5.41) is 9.14. The topological polar surface area (TPSA) is 46.8 Å². The standard InChI is InChI=1S/C18H23N5/c1-2-16(13-7-9-19-10-8-13)22(11-1)12-17-20-21-18(14-3-4-14)23(17)15-5-6-15/h7-10,14-16H,1-6,11-12H2/t16-/m1/s1. The van der Waals surface area contributed by atoms with Crippen LogP contribution >= 0.6 is 0 Å². The first-order valence-corrected chi connectivity index (χ1v) is 8.98. The lowest BCUT2D eigenvalue weighted by Crippen LogP contribution is -2.25. The van der Waals surface area contributed by atoms with Gasteiger partial charge in [0.15, 0.2) is 0 Å². The van der Waals surface area contributed by atoms with Crippen LogP contribution in [-0.4, -0.2) is 31.2 Å². The number of likely N-dealkylation sites (tertiary alicyclic amines) is 1. The van der Waals surface area contributed by atoms with Gasteiger partial charge < -0.3 is 4.57 Å². The second-order valence-corrected chi connectivity index (χ2v) is 7.26. The van der Waals surface area contributed by atoms with E-state index in [1.807, 2.05) is 12.4 Å². The van der Waals surface area contributed by atoms with E-state index in [1.54, 1.807) is 0 Å². The van der Waals surface area contributed by atoms with Crippen LogP contribution in [-0.2, 0) is 6.54 Å². The highest BCUT2D eigenvalue weighted by Crippen LogP contribution is 2.45. The summed E-state index contributed by atoms with van der Waals surface area (Å²) in [7, 11) is 0. The molecule has 3 heterocycles. The van der Waals surface area contributed by atoms with Crippen LogP contribution < -0.4 is 0 Å². The van der Waals surface area contributed by atoms with Crippen LogP contribution in [0.4, 0.5) is 0 Å². The van der Waals surface area contributed by atoms with Gasteiger partial charge in [0.1, 0.15) is 11.6 Å². The van der Waals surface area contributed by atoms with E-state index in [1.165, 1.54) is 55.7 Å². The Morgan fingerprint density at radius 3 is 2.57 bits per heavy atom. The fraction of sp³-hybridized carbons (Fsp3) is 0.611. The minimum atomic E-state index is 0.506. The average molecular weight is 309 g/mol. The molecule has 0 bridgehead atoms. The minimum absolute atomic E-state index is 0.506. The molecule has 2 aromatic rings. The zero-order chi connectivity index (χ0) is 15.2. The lowest BCUT2D eigenvalue weighted by Gasteiger charge is -2.24. The van der Waals surface area contributed by atoms with E-state index in [9.17, 15) is 0 Å². The molecule has 1 saturated heterocycles. The molecule has 3 fully saturated rings. The number of pyridine rings is 1. The van der Waals surface area contributed by atoms with Crippen LogP contribution in [0, 0.1) is 0 Å². The van der Waals surface area contributed by atoms with Gasteiger partial charge in [-0.2, -0.15) is 0 Å². The zero-order valence-electron chi connectivity index (χ0n) is 13.4. The van der Waals surface area contributed by atoms with Crippen LogP contribution in [0.3, 0.4) is 0 Å². The molecule has 0 unspecified atom stereocenters. The van der Waals surface area contributed by atoms with E-state index in [2.05, 4.69) is 36.8 Å². The quantitative estimate of drug-likeness (QED) is 0.851. The smallest absolute Gasteiger partial charge is 0.147 e. The van der Waals surface area contributed by atoms with Gasteiger partial charge in [-0.05, 0) is 62.8 Å². The minimum Gasteiger partial charge on any atom is -0.311 e. The molecule has 5 nitrogen and oxygen atoms in total. The number of rotatable bonds is 5. The molecule has 0 N–H and O–H groups in total. The Kier molecular flexibility index (Phi) is 3.21. The third kappa shape index (κ3) is 2.57. The summed E-state index contributed by atoms with van der Waals surface area (Å²) in [5.74, 6) is 3.14. The molecule has 5 rings (SSSR count). The fourth-order valence-electron chi connectivity index (χ4n) is 3.96. The summed E-state index contributed by atoms with van der Waals surface area (Å²) in [6.07, 6.45) is 11.5. The Morgan fingerprint density at radius 2 is 1.83 bits per heavy atom. The normalized spacial score (nSPS) is 25.1. The third-order valence-corrected chi connectivity index (χ3v) is 5.45. The van der Waals surface area contributed by atoms with Gasteiger partial charge in [0, 0.05) is 30.4 Å². The first-order chi connectivity index (χ1) is 11.4. The molecule has 2 saturated carbocycles. The Labute approximate surface area is 136 Å². The molecule has 1 aliphatic heterocycles. The van der Waals surface area contributed by atoms with Crippen molar-refractivity contribution in [1.82, 2.24) is 24.6 Å². The first-order valence-electron chi connectivity index (χ1n) is 8.98. The van der Waals surface area contributed by atoms with Crippen LogP contribution in [0.15, 0.2) is 24.5 Å². The number of hydrogen-bond acceptors (Lipinski definition) is 4. The summed E-state index contributed by atoms with van der Waals surface area (Å²) >= 11 is 0. The van der Waals surface area contributed by atoms with E-state index in [4.69, 9.17) is 0 Å². The summed E-state index contributed by atoms with van der Waals surface area (Å²) in [4.78, 5) is 6.73. The Hall–Kier alpha value is -1.75. The zero-order valence-corrected chi connectivity index (χ0v) is 13.4. The molecule has 0 aromatic carbocycles. The van der Waals surface area contributed by atoms with Gasteiger partial charge in [-0.15, -0.1) is 10.2 Å². The van der Waals surface area contributed by atoms with Crippen molar-refractivity contribution in [3.8, 4) is 0 Å². The van der Waals surface area contributed by atoms with Crippen molar-refractivity contribution in [2.45, 2.75) is 63.1 Å². The molecule has 1 atom stereocenters. The van der Waals surface area contributed by atoms with Gasteiger partial charge in [0.2, 0.25) is 0 Å². The predicted octanol–water partition coefficient (Wildman–Crippen LogP) is 3.22. The van der Waals surface area contributed by atoms with Crippen molar-refractivity contribution in [3.05, 3.63) is 41.7 Å². The van der Waals surface area contributed by atoms with Gasteiger partial charge in [-0.1, -0.05) is 0 Å². The summed E-state index contributed by atoms with van der Waals surface area (Å²) < 4.78 is 2.49. The Balaban J connectivity index is 1.41. The summed E-state index contributed by atoms with van der Waals surface area (Å²) in [6.45, 7) is 2.09. The molecule has 2 aromatic heterocycles. The van der Waals surface area contributed by atoms with Crippen LogP contribution in [0.2, 0.25) is 0 Å². The van der Waals surface area contributed by atoms with Crippen molar-refractivity contribution in [2.75, 3.05) is 6.54 Å². The summed E-state index contributed by atoms with van der Waals surface area (Å²) in [5.41, 5.74) is 1.39. The highest BCUT2D eigenvalue weighted by Gasteiger charge is 2.37. The van der Waals surface area contributed by atoms with Gasteiger partial charge in [0.05, 0.1) is 6.54 Å². The van der Waals surface area contributed by atoms with Gasteiger partial charge in [0.25, 0.3) is 0 Å². The fourth-order valence-corrected chi connectivity index (χ4v) is 3.96. The second-order valence-electron chi connectivity index (χ2n) is 7.26. The molecule has 3 aliphatic rings. The number of nitrogens with zero attached hydrogens (tertiary/aromatic N) is 5. The summed E-state index contributed by atoms with van der Waals surface area (Å²) in [6, 6.07) is 5.50. The van der Waals surface area contributed by atoms with E-state index in [0.717, 1.165) is 13.1 Å². The third-order valence-electron chi connectivity index (χ3n) is 5.45. The predicted molar refractivity (Wildman–Crippen MR) is 86.9 cm³/mol. The van der Waals surface area contributed by atoms with Crippen LogP contribution in [0.5, 0.6) is 0 Å². The average Bonchev–Trinajstić information content (AvgIpc) is 3.52. The number of hydrogen-bond donors (Lipinski definition) is 0. The monoisotopic (exact) mass is 309 g/mol. The van der Waals surface area contributed by atoms with Crippen molar-refractivity contribution in [2.24, 2.45) is 0 Å². The van der Waals surface area contributed by atoms with Gasteiger partial charge in [-0.3, -0.25) is 9.88 Å². The van der Waals surface area contributed by atoms with Crippen molar-refractivity contribution < 1.29 is 0 Å². The number of aromatic nitrogens is 4. The Bertz CT molecular complexity index is 687. The van der Waals surface area contributed by atoms with Crippen LogP contribution in [0.25, 0.3) is 0 Å².